The Morgan fingerprint density at radius 1 is 1.39 bits per heavy atom. The van der Waals surface area contributed by atoms with Gasteiger partial charge in [0.25, 0.3) is 5.69 Å². The summed E-state index contributed by atoms with van der Waals surface area (Å²) in [6, 6.07) is 4.75. The smallest absolute Gasteiger partial charge is 0.408 e. The lowest BCUT2D eigenvalue weighted by molar-refractivity contribution is -0.384. The van der Waals surface area contributed by atoms with E-state index in [0.717, 1.165) is 0 Å². The van der Waals surface area contributed by atoms with Gasteiger partial charge in [0.2, 0.25) is 0 Å². The van der Waals surface area contributed by atoms with Crippen LogP contribution in [0.4, 0.5) is 16.2 Å². The Morgan fingerprint density at radius 3 is 2.57 bits per heavy atom. The molecule has 1 rings (SSSR count). The molecule has 23 heavy (non-hydrogen) atoms. The number of hydrogen-bond donors (Lipinski definition) is 1. The topological polar surface area (TPSA) is 84.7 Å². The summed E-state index contributed by atoms with van der Waals surface area (Å²) in [5.74, 6) is 5.52. The van der Waals surface area contributed by atoms with Crippen molar-refractivity contribution in [2.24, 2.45) is 0 Å². The van der Waals surface area contributed by atoms with Gasteiger partial charge >= 0.3 is 6.09 Å². The highest BCUT2D eigenvalue weighted by atomic mass is 16.6. The Kier molecular flexibility index (Phi) is 5.96. The van der Waals surface area contributed by atoms with Crippen LogP contribution in [-0.4, -0.2) is 37.3 Å². The van der Waals surface area contributed by atoms with Crippen molar-refractivity contribution in [1.82, 2.24) is 5.32 Å². The van der Waals surface area contributed by atoms with Crippen LogP contribution in [-0.2, 0) is 4.74 Å². The molecule has 0 aromatic heterocycles. The molecule has 1 N–H and O–H groups in total. The normalized spacial score (nSPS) is 10.3. The first-order valence-electron chi connectivity index (χ1n) is 7.01. The zero-order valence-electron chi connectivity index (χ0n) is 14.0. The van der Waals surface area contributed by atoms with Gasteiger partial charge in [-0.3, -0.25) is 10.1 Å². The number of rotatable bonds is 3. The Morgan fingerprint density at radius 2 is 2.04 bits per heavy atom. The SMILES string of the molecule is CN(C)c1ccc(C#CCNC(=O)OC(C)(C)C)cc1[N+](=O)[O-]. The van der Waals surface area contributed by atoms with E-state index in [0.29, 0.717) is 11.3 Å². The first kappa shape index (κ1) is 18.3. The molecular formula is C16H21N3O4. The molecule has 0 aliphatic rings. The van der Waals surface area contributed by atoms with Gasteiger partial charge in [0.05, 0.1) is 11.5 Å². The molecule has 0 atom stereocenters. The monoisotopic (exact) mass is 319 g/mol. The second-order valence-electron chi connectivity index (χ2n) is 6.01. The summed E-state index contributed by atoms with van der Waals surface area (Å²) in [5.41, 5.74) is 0.433. The number of anilines is 1. The Bertz CT molecular complexity index is 652. The Labute approximate surface area is 135 Å². The fourth-order valence-electron chi connectivity index (χ4n) is 1.70. The first-order chi connectivity index (χ1) is 10.6. The predicted molar refractivity (Wildman–Crippen MR) is 88.5 cm³/mol. The number of amides is 1. The number of ether oxygens (including phenoxy) is 1. The molecule has 7 heteroatoms. The van der Waals surface area contributed by atoms with Crippen molar-refractivity contribution in [1.29, 1.82) is 0 Å². The molecule has 1 aromatic rings. The van der Waals surface area contributed by atoms with E-state index in [2.05, 4.69) is 17.2 Å². The number of benzene rings is 1. The molecule has 0 heterocycles. The van der Waals surface area contributed by atoms with Gasteiger partial charge in [0.15, 0.2) is 0 Å². The van der Waals surface area contributed by atoms with Crippen LogP contribution in [0.2, 0.25) is 0 Å². The summed E-state index contributed by atoms with van der Waals surface area (Å²) in [6.45, 7) is 5.40. The van der Waals surface area contributed by atoms with Gasteiger partial charge in [-0.15, -0.1) is 0 Å². The van der Waals surface area contributed by atoms with Crippen molar-refractivity contribution in [3.05, 3.63) is 33.9 Å². The van der Waals surface area contributed by atoms with Crippen molar-refractivity contribution in [3.63, 3.8) is 0 Å². The van der Waals surface area contributed by atoms with Gasteiger partial charge in [-0.05, 0) is 32.9 Å². The zero-order valence-corrected chi connectivity index (χ0v) is 14.0. The molecule has 0 aliphatic carbocycles. The van der Waals surface area contributed by atoms with Crippen LogP contribution in [0.5, 0.6) is 0 Å². The summed E-state index contributed by atoms with van der Waals surface area (Å²) in [6.07, 6.45) is -0.555. The lowest BCUT2D eigenvalue weighted by Crippen LogP contribution is -2.32. The molecule has 0 bridgehead atoms. The van der Waals surface area contributed by atoms with Crippen LogP contribution in [0.25, 0.3) is 0 Å². The van der Waals surface area contributed by atoms with Crippen LogP contribution in [0.1, 0.15) is 26.3 Å². The zero-order chi connectivity index (χ0) is 17.6. The van der Waals surface area contributed by atoms with Crippen LogP contribution < -0.4 is 10.2 Å². The number of hydrogen-bond acceptors (Lipinski definition) is 5. The third-order valence-corrected chi connectivity index (χ3v) is 2.61. The molecule has 0 fully saturated rings. The molecule has 124 valence electrons. The van der Waals surface area contributed by atoms with Gasteiger partial charge in [-0.2, -0.15) is 0 Å². The average Bonchev–Trinajstić information content (AvgIpc) is 2.41. The average molecular weight is 319 g/mol. The standard InChI is InChI=1S/C16H21N3O4/c1-16(2,3)23-15(20)17-10-6-7-12-8-9-13(18(4)5)14(11-12)19(21)22/h8-9,11H,10H2,1-5H3,(H,17,20). The van der Waals surface area contributed by atoms with Gasteiger partial charge in [0, 0.05) is 25.7 Å². The van der Waals surface area contributed by atoms with Gasteiger partial charge in [-0.1, -0.05) is 11.8 Å². The number of nitrogens with zero attached hydrogens (tertiary/aromatic N) is 2. The van der Waals surface area contributed by atoms with Crippen LogP contribution >= 0.6 is 0 Å². The summed E-state index contributed by atoms with van der Waals surface area (Å²) in [7, 11) is 3.47. The van der Waals surface area contributed by atoms with Crippen LogP contribution in [0, 0.1) is 22.0 Å². The maximum absolute atomic E-state index is 11.4. The third-order valence-electron chi connectivity index (χ3n) is 2.61. The molecule has 7 nitrogen and oxygen atoms in total. The lowest BCUT2D eigenvalue weighted by atomic mass is 10.1. The molecular weight excluding hydrogens is 298 g/mol. The van der Waals surface area contributed by atoms with Crippen LogP contribution in [0.15, 0.2) is 18.2 Å². The number of alkyl carbamates (subject to hydrolysis) is 1. The van der Waals surface area contributed by atoms with Crippen molar-refractivity contribution in [2.45, 2.75) is 26.4 Å². The Hall–Kier alpha value is -2.75. The van der Waals surface area contributed by atoms with E-state index in [4.69, 9.17) is 4.74 Å². The maximum Gasteiger partial charge on any atom is 0.408 e. The minimum atomic E-state index is -0.569. The van der Waals surface area contributed by atoms with E-state index >= 15 is 0 Å². The molecule has 1 aromatic carbocycles. The molecule has 1 amide bonds. The van der Waals surface area contributed by atoms with Crippen LogP contribution in [0.3, 0.4) is 0 Å². The number of nitrogens with one attached hydrogen (secondary N) is 1. The minimum Gasteiger partial charge on any atom is -0.444 e. The molecule has 0 unspecified atom stereocenters. The third kappa shape index (κ3) is 6.26. The van der Waals surface area contributed by atoms with E-state index in [1.807, 2.05) is 0 Å². The Balaban J connectivity index is 2.74. The van der Waals surface area contributed by atoms with Crippen molar-refractivity contribution in [3.8, 4) is 11.8 Å². The summed E-state index contributed by atoms with van der Waals surface area (Å²) in [4.78, 5) is 23.7. The highest BCUT2D eigenvalue weighted by Gasteiger charge is 2.16. The van der Waals surface area contributed by atoms with E-state index < -0.39 is 16.6 Å². The van der Waals surface area contributed by atoms with E-state index in [1.165, 1.54) is 6.07 Å². The molecule has 0 saturated heterocycles. The van der Waals surface area contributed by atoms with Gasteiger partial charge in [0.1, 0.15) is 11.3 Å². The van der Waals surface area contributed by atoms with E-state index in [1.54, 1.807) is 51.9 Å². The predicted octanol–water partition coefficient (Wildman–Crippen LogP) is 2.54. The van der Waals surface area contributed by atoms with Crippen molar-refractivity contribution >= 4 is 17.5 Å². The highest BCUT2D eigenvalue weighted by molar-refractivity contribution is 5.68. The number of carbonyl (C=O) groups excluding carboxylic acids is 1. The first-order valence-corrected chi connectivity index (χ1v) is 7.01. The minimum absolute atomic E-state index is 0.0121. The number of nitro groups is 1. The number of carbonyl (C=O) groups is 1. The summed E-state index contributed by atoms with van der Waals surface area (Å²) < 4.78 is 5.07. The fraction of sp³-hybridized carbons (Fsp3) is 0.438. The second-order valence-corrected chi connectivity index (χ2v) is 6.01. The lowest BCUT2D eigenvalue weighted by Gasteiger charge is -2.19. The molecule has 0 radical (unpaired) electrons. The van der Waals surface area contributed by atoms with Gasteiger partial charge < -0.3 is 15.0 Å². The molecule has 0 aliphatic heterocycles. The largest absolute Gasteiger partial charge is 0.444 e. The fourth-order valence-corrected chi connectivity index (χ4v) is 1.70. The second kappa shape index (κ2) is 7.49. The molecule has 0 spiro atoms. The van der Waals surface area contributed by atoms with E-state index in [9.17, 15) is 14.9 Å². The summed E-state index contributed by atoms with van der Waals surface area (Å²) in [5, 5.41) is 13.6. The van der Waals surface area contributed by atoms with Gasteiger partial charge in [-0.25, -0.2) is 4.79 Å². The maximum atomic E-state index is 11.4. The van der Waals surface area contributed by atoms with E-state index in [-0.39, 0.29) is 12.2 Å². The van der Waals surface area contributed by atoms with Crippen molar-refractivity contribution < 1.29 is 14.5 Å². The van der Waals surface area contributed by atoms with Crippen molar-refractivity contribution in [2.75, 3.05) is 25.5 Å². The highest BCUT2D eigenvalue weighted by Crippen LogP contribution is 2.27. The quantitative estimate of drug-likeness (QED) is 0.526. The molecule has 0 saturated carbocycles. The summed E-state index contributed by atoms with van der Waals surface area (Å²) >= 11 is 0. The number of nitro benzene ring substituents is 1.